The van der Waals surface area contributed by atoms with Crippen LogP contribution in [0.1, 0.15) is 18.5 Å². The van der Waals surface area contributed by atoms with Crippen LogP contribution in [0.4, 0.5) is 0 Å². The maximum absolute atomic E-state index is 12.7. The highest BCUT2D eigenvalue weighted by Crippen LogP contribution is 2.26. The number of pyridine rings is 1. The lowest BCUT2D eigenvalue weighted by Crippen LogP contribution is -2.41. The summed E-state index contributed by atoms with van der Waals surface area (Å²) in [6, 6.07) is 3.31. The Hall–Kier alpha value is -1.02. The molecular weight excluding hydrogens is 276 g/mol. The number of sulfonamides is 1. The topological polar surface area (TPSA) is 79.5 Å². The van der Waals surface area contributed by atoms with Crippen molar-refractivity contribution >= 4 is 10.0 Å². The quantitative estimate of drug-likeness (QED) is 0.843. The Morgan fingerprint density at radius 1 is 1.45 bits per heavy atom. The van der Waals surface area contributed by atoms with E-state index in [1.807, 2.05) is 19.0 Å². The summed E-state index contributed by atoms with van der Waals surface area (Å²) in [6.07, 6.45) is 3.22. The van der Waals surface area contributed by atoms with Crippen LogP contribution in [0.5, 0.6) is 0 Å². The average molecular weight is 298 g/mol. The van der Waals surface area contributed by atoms with Crippen LogP contribution in [0.3, 0.4) is 0 Å². The summed E-state index contributed by atoms with van der Waals surface area (Å²) in [5.41, 5.74) is 6.17. The molecule has 2 N–H and O–H groups in total. The Labute approximate surface area is 120 Å². The van der Waals surface area contributed by atoms with Gasteiger partial charge in [0.2, 0.25) is 10.0 Å². The summed E-state index contributed by atoms with van der Waals surface area (Å²) >= 11 is 0. The fourth-order valence-electron chi connectivity index (χ4n) is 2.55. The molecule has 1 aromatic heterocycles. The second-order valence-corrected chi connectivity index (χ2v) is 7.25. The molecule has 0 aromatic carbocycles. The number of hydrogen-bond donors (Lipinski definition) is 1. The summed E-state index contributed by atoms with van der Waals surface area (Å²) in [5.74, 6) is 0. The maximum atomic E-state index is 12.7. The third-order valence-electron chi connectivity index (χ3n) is 3.51. The molecule has 0 amide bonds. The van der Waals surface area contributed by atoms with Gasteiger partial charge in [0.15, 0.2) is 0 Å². The van der Waals surface area contributed by atoms with E-state index >= 15 is 0 Å². The fraction of sp³-hybridized carbons (Fsp3) is 0.615. The lowest BCUT2D eigenvalue weighted by atomic mass is 10.2. The zero-order valence-corrected chi connectivity index (χ0v) is 12.8. The molecule has 20 heavy (non-hydrogen) atoms. The van der Waals surface area contributed by atoms with Gasteiger partial charge in [0, 0.05) is 31.9 Å². The molecule has 112 valence electrons. The van der Waals surface area contributed by atoms with Crippen LogP contribution < -0.4 is 5.73 Å². The van der Waals surface area contributed by atoms with Gasteiger partial charge in [-0.05, 0) is 39.1 Å². The van der Waals surface area contributed by atoms with Crippen molar-refractivity contribution < 1.29 is 8.42 Å². The molecule has 0 spiro atoms. The van der Waals surface area contributed by atoms with E-state index in [9.17, 15) is 8.42 Å². The van der Waals surface area contributed by atoms with Crippen LogP contribution in [0, 0.1) is 0 Å². The number of aromatic nitrogens is 1. The van der Waals surface area contributed by atoms with Crippen molar-refractivity contribution in [2.45, 2.75) is 30.3 Å². The lowest BCUT2D eigenvalue weighted by Gasteiger charge is -2.26. The van der Waals surface area contributed by atoms with Crippen molar-refractivity contribution in [2.75, 3.05) is 27.2 Å². The van der Waals surface area contributed by atoms with E-state index in [0.717, 1.165) is 19.4 Å². The third-order valence-corrected chi connectivity index (χ3v) is 5.45. The Balaban J connectivity index is 2.24. The van der Waals surface area contributed by atoms with Gasteiger partial charge in [0.05, 0.1) is 5.69 Å². The van der Waals surface area contributed by atoms with Crippen molar-refractivity contribution in [1.29, 1.82) is 0 Å². The van der Waals surface area contributed by atoms with Gasteiger partial charge in [-0.15, -0.1) is 0 Å². The molecule has 1 unspecified atom stereocenters. The minimum Gasteiger partial charge on any atom is -0.325 e. The zero-order valence-electron chi connectivity index (χ0n) is 12.0. The average Bonchev–Trinajstić information content (AvgIpc) is 2.87. The fourth-order valence-corrected chi connectivity index (χ4v) is 4.18. The van der Waals surface area contributed by atoms with Crippen molar-refractivity contribution in [1.82, 2.24) is 14.2 Å². The molecule has 6 nitrogen and oxygen atoms in total. The molecule has 0 radical (unpaired) electrons. The summed E-state index contributed by atoms with van der Waals surface area (Å²) in [6.45, 7) is 1.64. The molecule has 0 saturated carbocycles. The molecule has 1 atom stereocenters. The Kier molecular flexibility index (Phi) is 4.74. The molecule has 0 aliphatic carbocycles. The summed E-state index contributed by atoms with van der Waals surface area (Å²) in [5, 5.41) is 0. The number of likely N-dealkylation sites (N-methyl/N-ethyl adjacent to an activating group) is 1. The van der Waals surface area contributed by atoms with Gasteiger partial charge < -0.3 is 10.6 Å². The summed E-state index contributed by atoms with van der Waals surface area (Å²) < 4.78 is 26.9. The van der Waals surface area contributed by atoms with E-state index in [4.69, 9.17) is 5.73 Å². The minimum absolute atomic E-state index is 0.0455. The molecule has 2 heterocycles. The minimum atomic E-state index is -3.46. The molecule has 1 aromatic rings. The predicted molar refractivity (Wildman–Crippen MR) is 77.6 cm³/mol. The number of hydrogen-bond acceptors (Lipinski definition) is 5. The van der Waals surface area contributed by atoms with Gasteiger partial charge in [0.25, 0.3) is 0 Å². The first-order valence-electron chi connectivity index (χ1n) is 6.76. The van der Waals surface area contributed by atoms with Gasteiger partial charge in [-0.1, -0.05) is 0 Å². The highest BCUT2D eigenvalue weighted by atomic mass is 32.2. The van der Waals surface area contributed by atoms with Crippen molar-refractivity contribution in [3.8, 4) is 0 Å². The van der Waals surface area contributed by atoms with Crippen LogP contribution in [0.2, 0.25) is 0 Å². The monoisotopic (exact) mass is 298 g/mol. The first-order chi connectivity index (χ1) is 9.45. The first-order valence-corrected chi connectivity index (χ1v) is 8.20. The standard InChI is InChI=1S/C13H22N4O2S/c1-16(2)10-12-4-3-7-17(12)20(18,19)13-6-5-11(8-14)15-9-13/h5-6,9,12H,3-4,7-8,10,14H2,1-2H3. The molecule has 1 saturated heterocycles. The van der Waals surface area contributed by atoms with Crippen LogP contribution in [0.15, 0.2) is 23.2 Å². The van der Waals surface area contributed by atoms with E-state index in [1.54, 1.807) is 16.4 Å². The van der Waals surface area contributed by atoms with Gasteiger partial charge >= 0.3 is 0 Å². The number of nitrogens with zero attached hydrogens (tertiary/aromatic N) is 3. The van der Waals surface area contributed by atoms with E-state index < -0.39 is 10.0 Å². The maximum Gasteiger partial charge on any atom is 0.244 e. The number of nitrogens with two attached hydrogens (primary N) is 1. The van der Waals surface area contributed by atoms with Gasteiger partial charge in [-0.2, -0.15) is 4.31 Å². The Morgan fingerprint density at radius 3 is 2.75 bits per heavy atom. The van der Waals surface area contributed by atoms with Crippen LogP contribution >= 0.6 is 0 Å². The smallest absolute Gasteiger partial charge is 0.244 e. The molecular formula is C13H22N4O2S. The molecule has 0 bridgehead atoms. The molecule has 7 heteroatoms. The van der Waals surface area contributed by atoms with E-state index in [2.05, 4.69) is 4.98 Å². The molecule has 1 fully saturated rings. The summed E-state index contributed by atoms with van der Waals surface area (Å²) in [7, 11) is 0.463. The molecule has 2 rings (SSSR count). The van der Waals surface area contributed by atoms with Crippen molar-refractivity contribution in [3.05, 3.63) is 24.0 Å². The third kappa shape index (κ3) is 3.17. The summed E-state index contributed by atoms with van der Waals surface area (Å²) in [4.78, 5) is 6.35. The number of rotatable bonds is 5. The van der Waals surface area contributed by atoms with E-state index in [1.165, 1.54) is 6.20 Å². The highest BCUT2D eigenvalue weighted by molar-refractivity contribution is 7.89. The highest BCUT2D eigenvalue weighted by Gasteiger charge is 2.35. The Morgan fingerprint density at radius 2 is 2.20 bits per heavy atom. The van der Waals surface area contributed by atoms with Crippen LogP contribution in [-0.4, -0.2) is 55.8 Å². The molecule has 1 aliphatic heterocycles. The lowest BCUT2D eigenvalue weighted by molar-refractivity contribution is 0.291. The Bertz CT molecular complexity index is 542. The van der Waals surface area contributed by atoms with Gasteiger partial charge in [0.1, 0.15) is 4.90 Å². The second-order valence-electron chi connectivity index (χ2n) is 5.36. The van der Waals surface area contributed by atoms with Gasteiger partial charge in [-0.25, -0.2) is 8.42 Å². The normalized spacial score (nSPS) is 20.7. The van der Waals surface area contributed by atoms with Crippen molar-refractivity contribution in [3.63, 3.8) is 0 Å². The SMILES string of the molecule is CN(C)CC1CCCN1S(=O)(=O)c1ccc(CN)nc1. The molecule has 1 aliphatic rings. The largest absolute Gasteiger partial charge is 0.325 e. The predicted octanol–water partition coefficient (Wildman–Crippen LogP) is 0.255. The van der Waals surface area contributed by atoms with Crippen molar-refractivity contribution in [2.24, 2.45) is 5.73 Å². The van der Waals surface area contributed by atoms with Crippen LogP contribution in [0.25, 0.3) is 0 Å². The van der Waals surface area contributed by atoms with Crippen LogP contribution in [-0.2, 0) is 16.6 Å². The first kappa shape index (κ1) is 15.4. The van der Waals surface area contributed by atoms with Gasteiger partial charge in [-0.3, -0.25) is 4.98 Å². The van der Waals surface area contributed by atoms with E-state index in [-0.39, 0.29) is 10.9 Å². The zero-order chi connectivity index (χ0) is 14.8. The second kappa shape index (κ2) is 6.17. The van der Waals surface area contributed by atoms with E-state index in [0.29, 0.717) is 18.8 Å².